The Hall–Kier alpha value is -3.00. The van der Waals surface area contributed by atoms with Crippen LogP contribution in [-0.2, 0) is 13.0 Å². The smallest absolute Gasteiger partial charge is 0.297 e. The predicted molar refractivity (Wildman–Crippen MR) is 102 cm³/mol. The predicted octanol–water partition coefficient (Wildman–Crippen LogP) is 2.45. The van der Waals surface area contributed by atoms with Crippen LogP contribution in [-0.4, -0.2) is 37.6 Å². The van der Waals surface area contributed by atoms with Gasteiger partial charge in [-0.2, -0.15) is 0 Å². The van der Waals surface area contributed by atoms with E-state index in [0.717, 1.165) is 11.3 Å². The van der Waals surface area contributed by atoms with Crippen molar-refractivity contribution in [3.8, 4) is 11.5 Å². The Morgan fingerprint density at radius 3 is 2.38 bits per heavy atom. The summed E-state index contributed by atoms with van der Waals surface area (Å²) in [5, 5.41) is 11.4. The molecule has 4 N–H and O–H groups in total. The average Bonchev–Trinajstić information content (AvgIpc) is 2.60. The highest BCUT2D eigenvalue weighted by atomic mass is 16.6. The maximum absolute atomic E-state index is 11.4. The number of nitro groups is 1. The molecule has 8 nitrogen and oxygen atoms in total. The van der Waals surface area contributed by atoms with Crippen LogP contribution >= 0.6 is 0 Å². The monoisotopic (exact) mass is 360 g/mol. The topological polar surface area (TPSA) is 117 Å². The Balaban J connectivity index is 2.28. The van der Waals surface area contributed by atoms with E-state index in [4.69, 9.17) is 20.9 Å². The molecule has 0 unspecified atom stereocenters. The maximum atomic E-state index is 11.4. The fraction of sp³-hybridized carbons (Fsp3) is 0.333. The number of nitrogens with zero attached hydrogens (tertiary/aromatic N) is 2. The van der Waals surface area contributed by atoms with E-state index in [2.05, 4.69) is 0 Å². The summed E-state index contributed by atoms with van der Waals surface area (Å²) in [6.45, 7) is 0.866. The number of likely N-dealkylation sites (N-methyl/N-ethyl adjacent to an activating group) is 1. The maximum Gasteiger partial charge on any atom is 0.297 e. The first-order chi connectivity index (χ1) is 12.3. The molecular weight excluding hydrogens is 336 g/mol. The zero-order valence-electron chi connectivity index (χ0n) is 15.2. The minimum absolute atomic E-state index is 0.0442. The van der Waals surface area contributed by atoms with E-state index < -0.39 is 4.92 Å². The van der Waals surface area contributed by atoms with E-state index in [1.807, 2.05) is 43.3 Å². The molecule has 2 aromatic carbocycles. The second-order valence-electron chi connectivity index (χ2n) is 6.15. The van der Waals surface area contributed by atoms with Crippen LogP contribution in [0.1, 0.15) is 11.1 Å². The van der Waals surface area contributed by atoms with Gasteiger partial charge in [0.15, 0.2) is 0 Å². The molecule has 0 radical (unpaired) electrons. The van der Waals surface area contributed by atoms with Crippen LogP contribution < -0.4 is 20.9 Å². The lowest BCUT2D eigenvalue weighted by molar-refractivity contribution is -0.384. The number of benzene rings is 2. The normalized spacial score (nSPS) is 10.8. The van der Waals surface area contributed by atoms with Crippen LogP contribution in [0.25, 0.3) is 0 Å². The molecule has 0 heterocycles. The minimum atomic E-state index is -0.496. The van der Waals surface area contributed by atoms with E-state index in [0.29, 0.717) is 24.3 Å². The summed E-state index contributed by atoms with van der Waals surface area (Å²) < 4.78 is 10.9. The second kappa shape index (κ2) is 8.39. The zero-order valence-corrected chi connectivity index (χ0v) is 15.2. The molecule has 0 fully saturated rings. The number of methoxy groups -OCH3 is 1. The largest absolute Gasteiger partial charge is 0.497 e. The van der Waals surface area contributed by atoms with Gasteiger partial charge in [-0.25, -0.2) is 0 Å². The molecule has 0 aromatic heterocycles. The van der Waals surface area contributed by atoms with Crippen LogP contribution in [0.5, 0.6) is 11.5 Å². The van der Waals surface area contributed by atoms with Crippen molar-refractivity contribution in [2.24, 2.45) is 0 Å². The number of hydrogen-bond donors (Lipinski definition) is 2. The molecule has 0 bridgehead atoms. The number of nitrogens with two attached hydrogens (primary N) is 2. The summed E-state index contributed by atoms with van der Waals surface area (Å²) in [7, 11) is 5.37. The van der Waals surface area contributed by atoms with Gasteiger partial charge >= 0.3 is 0 Å². The SMILES string of the molecule is COc1ccc(COc2cc(N)c([N+](=O)[O-])c(CCN(C)C)c2N)cc1. The van der Waals surface area contributed by atoms with Crippen molar-refractivity contribution in [1.29, 1.82) is 0 Å². The van der Waals surface area contributed by atoms with Gasteiger partial charge in [-0.05, 0) is 38.2 Å². The molecule has 0 saturated carbocycles. The Labute approximate surface area is 152 Å². The van der Waals surface area contributed by atoms with Crippen LogP contribution in [0.4, 0.5) is 17.1 Å². The van der Waals surface area contributed by atoms with Gasteiger partial charge in [0.25, 0.3) is 5.69 Å². The molecule has 140 valence electrons. The van der Waals surface area contributed by atoms with Crippen molar-refractivity contribution in [3.05, 3.63) is 51.6 Å². The third-order valence-corrected chi connectivity index (χ3v) is 3.98. The van der Waals surface area contributed by atoms with E-state index in [-0.39, 0.29) is 23.7 Å². The lowest BCUT2D eigenvalue weighted by atomic mass is 10.0. The summed E-state index contributed by atoms with van der Waals surface area (Å²) in [4.78, 5) is 12.8. The number of anilines is 2. The first-order valence-electron chi connectivity index (χ1n) is 8.09. The number of ether oxygens (including phenoxy) is 2. The van der Waals surface area contributed by atoms with Crippen molar-refractivity contribution in [2.75, 3.05) is 39.2 Å². The van der Waals surface area contributed by atoms with Crippen molar-refractivity contribution in [2.45, 2.75) is 13.0 Å². The van der Waals surface area contributed by atoms with Gasteiger partial charge in [-0.3, -0.25) is 10.1 Å². The number of rotatable bonds is 8. The molecule has 26 heavy (non-hydrogen) atoms. The van der Waals surface area contributed by atoms with Gasteiger partial charge in [0.1, 0.15) is 23.8 Å². The molecular formula is C18H24N4O4. The Bertz CT molecular complexity index is 776. The first-order valence-corrected chi connectivity index (χ1v) is 8.09. The molecule has 0 aliphatic rings. The second-order valence-corrected chi connectivity index (χ2v) is 6.15. The Morgan fingerprint density at radius 2 is 1.85 bits per heavy atom. The van der Waals surface area contributed by atoms with Crippen LogP contribution in [0.2, 0.25) is 0 Å². The van der Waals surface area contributed by atoms with E-state index in [1.54, 1.807) is 7.11 Å². The summed E-state index contributed by atoms with van der Waals surface area (Å²) >= 11 is 0. The summed E-state index contributed by atoms with van der Waals surface area (Å²) in [6, 6.07) is 8.81. The average molecular weight is 360 g/mol. The molecule has 0 aliphatic carbocycles. The van der Waals surface area contributed by atoms with Gasteiger partial charge in [0.2, 0.25) is 0 Å². The first kappa shape index (κ1) is 19.3. The number of nitro benzene ring substituents is 1. The lowest BCUT2D eigenvalue weighted by Gasteiger charge is -2.16. The summed E-state index contributed by atoms with van der Waals surface area (Å²) in [6.07, 6.45) is 0.402. The van der Waals surface area contributed by atoms with Crippen molar-refractivity contribution >= 4 is 17.1 Å². The quantitative estimate of drug-likeness (QED) is 0.422. The third-order valence-electron chi connectivity index (χ3n) is 3.98. The standard InChI is InChI=1S/C18H24N4O4/c1-21(2)9-8-14-17(20)16(10-15(19)18(14)22(23)24)26-11-12-4-6-13(25-3)7-5-12/h4-7,10H,8-9,11,19-20H2,1-3H3. The molecule has 2 rings (SSSR count). The molecule has 0 amide bonds. The van der Waals surface area contributed by atoms with Crippen molar-refractivity contribution in [1.82, 2.24) is 4.90 Å². The van der Waals surface area contributed by atoms with Gasteiger partial charge in [0, 0.05) is 12.6 Å². The van der Waals surface area contributed by atoms with Gasteiger partial charge in [-0.15, -0.1) is 0 Å². The zero-order chi connectivity index (χ0) is 19.3. The van der Waals surface area contributed by atoms with E-state index >= 15 is 0 Å². The Morgan fingerprint density at radius 1 is 1.19 bits per heavy atom. The van der Waals surface area contributed by atoms with Gasteiger partial charge in [0.05, 0.1) is 23.3 Å². The fourth-order valence-corrected chi connectivity index (χ4v) is 2.54. The van der Waals surface area contributed by atoms with E-state index in [9.17, 15) is 10.1 Å². The van der Waals surface area contributed by atoms with Gasteiger partial charge < -0.3 is 25.8 Å². The van der Waals surface area contributed by atoms with E-state index in [1.165, 1.54) is 6.07 Å². The molecule has 0 aliphatic heterocycles. The third kappa shape index (κ3) is 4.54. The Kier molecular flexibility index (Phi) is 6.24. The highest BCUT2D eigenvalue weighted by Gasteiger charge is 2.24. The lowest BCUT2D eigenvalue weighted by Crippen LogP contribution is -2.17. The number of hydrogen-bond acceptors (Lipinski definition) is 7. The summed E-state index contributed by atoms with van der Waals surface area (Å²) in [5.41, 5.74) is 13.5. The van der Waals surface area contributed by atoms with Crippen LogP contribution in [0.3, 0.4) is 0 Å². The summed E-state index contributed by atoms with van der Waals surface area (Å²) in [5.74, 6) is 1.09. The fourth-order valence-electron chi connectivity index (χ4n) is 2.54. The molecule has 0 saturated heterocycles. The van der Waals surface area contributed by atoms with Gasteiger partial charge in [-0.1, -0.05) is 12.1 Å². The molecule has 2 aromatic rings. The van der Waals surface area contributed by atoms with Crippen molar-refractivity contribution < 1.29 is 14.4 Å². The number of nitrogen functional groups attached to an aromatic ring is 2. The van der Waals surface area contributed by atoms with Crippen molar-refractivity contribution in [3.63, 3.8) is 0 Å². The van der Waals surface area contributed by atoms with Crippen LogP contribution in [0, 0.1) is 10.1 Å². The molecule has 0 spiro atoms. The highest BCUT2D eigenvalue weighted by molar-refractivity contribution is 5.76. The highest BCUT2D eigenvalue weighted by Crippen LogP contribution is 2.39. The van der Waals surface area contributed by atoms with Crippen LogP contribution in [0.15, 0.2) is 30.3 Å². The minimum Gasteiger partial charge on any atom is -0.497 e. The molecule has 8 heteroatoms. The molecule has 0 atom stereocenters.